The van der Waals surface area contributed by atoms with Gasteiger partial charge in [-0.3, -0.25) is 0 Å². The van der Waals surface area contributed by atoms with Gasteiger partial charge in [0.05, 0.1) is 19.8 Å². The summed E-state index contributed by atoms with van der Waals surface area (Å²) in [6.07, 6.45) is 2.45. The van der Waals surface area contributed by atoms with Crippen molar-refractivity contribution in [1.82, 2.24) is 9.55 Å². The van der Waals surface area contributed by atoms with E-state index in [1.165, 1.54) is 13.2 Å². The molecule has 2 unspecified atom stereocenters. The number of benzene rings is 2. The number of aliphatic hydroxyl groups is 1. The number of aromatic nitrogens is 2. The molecule has 1 aromatic heterocycles. The molecular weight excluding hydrogens is 408 g/mol. The highest BCUT2D eigenvalue weighted by molar-refractivity contribution is 7.82. The molecular formula is C21H24N2O4S2. The van der Waals surface area contributed by atoms with Gasteiger partial charge in [0.1, 0.15) is 17.3 Å². The number of rotatable bonds is 9. The van der Waals surface area contributed by atoms with Crippen LogP contribution in [0.25, 0.3) is 0 Å². The number of aromatic hydroxyl groups is 1. The summed E-state index contributed by atoms with van der Waals surface area (Å²) in [4.78, 5) is 4.45. The minimum atomic E-state index is -1.19. The second-order valence-electron chi connectivity index (χ2n) is 6.54. The molecule has 0 bridgehead atoms. The van der Waals surface area contributed by atoms with Crippen molar-refractivity contribution in [2.75, 3.05) is 12.9 Å². The van der Waals surface area contributed by atoms with E-state index in [2.05, 4.69) is 17.6 Å². The van der Waals surface area contributed by atoms with E-state index in [1.807, 2.05) is 30.3 Å². The lowest BCUT2D eigenvalue weighted by Gasteiger charge is -2.33. The smallest absolute Gasteiger partial charge is 0.160 e. The van der Waals surface area contributed by atoms with Crippen molar-refractivity contribution in [2.45, 2.75) is 24.2 Å². The van der Waals surface area contributed by atoms with Crippen LogP contribution in [0.1, 0.15) is 17.0 Å². The minimum absolute atomic E-state index is 0.00170. The summed E-state index contributed by atoms with van der Waals surface area (Å²) in [5.74, 6) is 0.945. The molecule has 0 spiro atoms. The molecule has 29 heavy (non-hydrogen) atoms. The zero-order chi connectivity index (χ0) is 20.9. The molecule has 0 saturated heterocycles. The zero-order valence-electron chi connectivity index (χ0n) is 16.0. The second kappa shape index (κ2) is 9.58. The second-order valence-corrected chi connectivity index (χ2v) is 7.61. The summed E-state index contributed by atoms with van der Waals surface area (Å²) < 4.78 is 11.7. The summed E-state index contributed by atoms with van der Waals surface area (Å²) in [5, 5.41) is 20.8. The van der Waals surface area contributed by atoms with Crippen molar-refractivity contribution in [1.29, 1.82) is 0 Å². The Bertz CT molecular complexity index is 935. The Morgan fingerprint density at radius 2 is 1.97 bits per heavy atom. The molecule has 3 aromatic rings. The van der Waals surface area contributed by atoms with E-state index >= 15 is 0 Å². The van der Waals surface area contributed by atoms with Gasteiger partial charge in [-0.05, 0) is 23.3 Å². The number of imidazole rings is 1. The molecule has 3 rings (SSSR count). The number of hydrogen-bond donors (Lipinski definition) is 4. The number of hydrogen-bond acceptors (Lipinski definition) is 7. The molecule has 2 aromatic carbocycles. The largest absolute Gasteiger partial charge is 0.504 e. The lowest BCUT2D eigenvalue weighted by atomic mass is 9.91. The Hall–Kier alpha value is -2.13. The normalized spacial score (nSPS) is 14.3. The number of phenols is 1. The van der Waals surface area contributed by atoms with Gasteiger partial charge in [-0.15, -0.1) is 0 Å². The summed E-state index contributed by atoms with van der Waals surface area (Å²) in [7, 11) is 1.46. The van der Waals surface area contributed by atoms with Gasteiger partial charge < -0.3 is 24.3 Å². The number of phenolic OH excluding ortho intramolecular Hbond substituents is 1. The predicted molar refractivity (Wildman–Crippen MR) is 118 cm³/mol. The van der Waals surface area contributed by atoms with Crippen molar-refractivity contribution in [3.05, 3.63) is 77.9 Å². The predicted octanol–water partition coefficient (Wildman–Crippen LogP) is 3.24. The molecule has 0 radical (unpaired) electrons. The molecule has 1 heterocycles. The third kappa shape index (κ3) is 4.56. The molecule has 8 heteroatoms. The van der Waals surface area contributed by atoms with Gasteiger partial charge >= 0.3 is 0 Å². The first-order chi connectivity index (χ1) is 14.0. The van der Waals surface area contributed by atoms with Crippen LogP contribution in [0.15, 0.2) is 60.9 Å². The molecule has 154 valence electrons. The van der Waals surface area contributed by atoms with Crippen molar-refractivity contribution >= 4 is 25.3 Å². The van der Waals surface area contributed by atoms with Crippen LogP contribution in [0.4, 0.5) is 0 Å². The maximum atomic E-state index is 10.8. The minimum Gasteiger partial charge on any atom is -0.504 e. The molecule has 0 saturated carbocycles. The molecule has 0 aliphatic rings. The molecule has 6 nitrogen and oxygen atoms in total. The van der Waals surface area contributed by atoms with Gasteiger partial charge in [-0.1, -0.05) is 36.4 Å². The topological polar surface area (TPSA) is 76.7 Å². The van der Waals surface area contributed by atoms with Crippen LogP contribution in [-0.2, 0) is 22.8 Å². The number of thiol groups is 2. The van der Waals surface area contributed by atoms with Crippen molar-refractivity contribution in [3.63, 3.8) is 0 Å². The number of aliphatic hydroxyl groups excluding tert-OH is 1. The van der Waals surface area contributed by atoms with Crippen LogP contribution in [0.3, 0.4) is 0 Å². The highest BCUT2D eigenvalue weighted by Gasteiger charge is 2.41. The lowest BCUT2D eigenvalue weighted by Crippen LogP contribution is -2.39. The van der Waals surface area contributed by atoms with Crippen molar-refractivity contribution in [3.8, 4) is 11.5 Å². The van der Waals surface area contributed by atoms with Gasteiger partial charge in [-0.2, -0.15) is 25.3 Å². The highest BCUT2D eigenvalue weighted by Crippen LogP contribution is 2.42. The summed E-state index contributed by atoms with van der Waals surface area (Å²) >= 11 is 9.11. The molecule has 0 aliphatic carbocycles. The lowest BCUT2D eigenvalue weighted by molar-refractivity contribution is 0.0588. The van der Waals surface area contributed by atoms with Crippen LogP contribution in [-0.4, -0.2) is 38.7 Å². The van der Waals surface area contributed by atoms with Crippen LogP contribution < -0.4 is 4.74 Å². The van der Waals surface area contributed by atoms with E-state index in [9.17, 15) is 10.2 Å². The maximum absolute atomic E-state index is 10.8. The number of nitrogens with zero attached hydrogens (tertiary/aromatic N) is 2. The van der Waals surface area contributed by atoms with Gasteiger partial charge in [0, 0.05) is 18.1 Å². The third-order valence-corrected chi connectivity index (χ3v) is 5.78. The van der Waals surface area contributed by atoms with E-state index in [4.69, 9.17) is 22.1 Å². The highest BCUT2D eigenvalue weighted by atomic mass is 32.1. The molecule has 0 amide bonds. The first kappa shape index (κ1) is 21.6. The standard InChI is InChI=1S/C21H24N2O4S2/c1-26-18-11-16(7-8-17(18)24)21(29,19(25)13-28)20-22-9-10-23(20)14-27-12-15-5-3-2-4-6-15/h2-11,19,24-25,28-29H,12-14H2,1H3. The van der Waals surface area contributed by atoms with E-state index in [1.54, 1.807) is 29.1 Å². The van der Waals surface area contributed by atoms with Gasteiger partial charge in [0.2, 0.25) is 0 Å². The Balaban J connectivity index is 1.91. The SMILES string of the molecule is COc1cc(C(S)(c2nccn2COCc2ccccc2)C(O)CS)ccc1O. The van der Waals surface area contributed by atoms with Crippen LogP contribution in [0.2, 0.25) is 0 Å². The molecule has 2 N–H and O–H groups in total. The summed E-state index contributed by atoms with van der Waals surface area (Å²) in [6.45, 7) is 0.682. The maximum Gasteiger partial charge on any atom is 0.160 e. The number of ether oxygens (including phenoxy) is 2. The average Bonchev–Trinajstić information content (AvgIpc) is 3.22. The monoisotopic (exact) mass is 432 g/mol. The first-order valence-electron chi connectivity index (χ1n) is 9.02. The molecule has 0 aliphatic heterocycles. The average molecular weight is 433 g/mol. The fourth-order valence-corrected chi connectivity index (χ4v) is 3.94. The van der Waals surface area contributed by atoms with Crippen molar-refractivity contribution in [2.24, 2.45) is 0 Å². The fourth-order valence-electron chi connectivity index (χ4n) is 3.10. The van der Waals surface area contributed by atoms with Gasteiger partial charge in [0.25, 0.3) is 0 Å². The quantitative estimate of drug-likeness (QED) is 0.391. The van der Waals surface area contributed by atoms with E-state index < -0.39 is 10.9 Å². The Morgan fingerprint density at radius 1 is 1.21 bits per heavy atom. The Labute approximate surface area is 180 Å². The van der Waals surface area contributed by atoms with E-state index in [0.717, 1.165) is 5.56 Å². The van der Waals surface area contributed by atoms with Gasteiger partial charge in [0.15, 0.2) is 11.5 Å². The Morgan fingerprint density at radius 3 is 2.66 bits per heavy atom. The first-order valence-corrected chi connectivity index (χ1v) is 10.1. The van der Waals surface area contributed by atoms with Crippen LogP contribution >= 0.6 is 25.3 Å². The fraction of sp³-hybridized carbons (Fsp3) is 0.286. The molecule has 2 atom stereocenters. The van der Waals surface area contributed by atoms with Crippen LogP contribution in [0.5, 0.6) is 11.5 Å². The summed E-state index contributed by atoms with van der Waals surface area (Å²) in [6, 6.07) is 14.7. The van der Waals surface area contributed by atoms with Crippen LogP contribution in [0, 0.1) is 0 Å². The molecule has 0 fully saturated rings. The zero-order valence-corrected chi connectivity index (χ0v) is 17.8. The van der Waals surface area contributed by atoms with Gasteiger partial charge in [-0.25, -0.2) is 4.98 Å². The van der Waals surface area contributed by atoms with E-state index in [0.29, 0.717) is 18.0 Å². The Kier molecular flexibility index (Phi) is 7.13. The summed E-state index contributed by atoms with van der Waals surface area (Å²) in [5.41, 5.74) is 1.68. The van der Waals surface area contributed by atoms with E-state index in [-0.39, 0.29) is 24.0 Å². The number of methoxy groups -OCH3 is 1. The van der Waals surface area contributed by atoms with Crippen molar-refractivity contribution < 1.29 is 19.7 Å². The third-order valence-electron chi connectivity index (χ3n) is 4.67.